The smallest absolute Gasteiger partial charge is 0.335 e. The molecule has 0 bridgehead atoms. The van der Waals surface area contributed by atoms with Crippen LogP contribution in [0.15, 0.2) is 42.5 Å². The second kappa shape index (κ2) is 8.39. The molecular weight excluding hydrogens is 404 g/mol. The highest BCUT2D eigenvalue weighted by Gasteiger charge is 2.44. The van der Waals surface area contributed by atoms with Crippen LogP contribution in [0.2, 0.25) is 0 Å². The van der Waals surface area contributed by atoms with Crippen molar-refractivity contribution in [3.63, 3.8) is 0 Å². The third-order valence-electron chi connectivity index (χ3n) is 5.25. The average molecular weight is 424 g/mol. The Hall–Kier alpha value is -4.01. The van der Waals surface area contributed by atoms with Crippen LogP contribution in [0.1, 0.15) is 61.7 Å². The standard InChI is InChI=1S/C22H20N2O7/c1-3-11(2)17(24-19(26)15-6-4-5-7-16(15)20(24)27)18(25)23-14-9-12(21(28)29)8-13(10-14)22(30)31/h4-11,17H,3H2,1-2H3,(H,23,25)(H,28,29)(H,30,31)/t11-,17+/m1/s1. The quantitative estimate of drug-likeness (QED) is 0.580. The molecule has 2 aromatic rings. The maximum Gasteiger partial charge on any atom is 0.335 e. The summed E-state index contributed by atoms with van der Waals surface area (Å²) in [6.07, 6.45) is 0.473. The predicted molar refractivity (Wildman–Crippen MR) is 109 cm³/mol. The van der Waals surface area contributed by atoms with Crippen molar-refractivity contribution in [2.45, 2.75) is 26.3 Å². The van der Waals surface area contributed by atoms with Crippen molar-refractivity contribution in [2.75, 3.05) is 5.32 Å². The molecule has 0 fully saturated rings. The van der Waals surface area contributed by atoms with Gasteiger partial charge in [0.15, 0.2) is 0 Å². The first-order chi connectivity index (χ1) is 14.6. The molecule has 0 saturated carbocycles. The number of aromatic carboxylic acids is 2. The number of carbonyl (C=O) groups is 5. The van der Waals surface area contributed by atoms with Crippen molar-refractivity contribution < 1.29 is 34.2 Å². The number of hydrogen-bond acceptors (Lipinski definition) is 5. The van der Waals surface area contributed by atoms with Crippen LogP contribution >= 0.6 is 0 Å². The van der Waals surface area contributed by atoms with Gasteiger partial charge in [-0.1, -0.05) is 32.4 Å². The van der Waals surface area contributed by atoms with E-state index in [0.717, 1.165) is 23.1 Å². The van der Waals surface area contributed by atoms with Gasteiger partial charge in [0.05, 0.1) is 22.3 Å². The normalized spacial score (nSPS) is 14.7. The maximum atomic E-state index is 13.2. The molecule has 3 N–H and O–H groups in total. The maximum absolute atomic E-state index is 13.2. The van der Waals surface area contributed by atoms with Crippen LogP contribution in [0.3, 0.4) is 0 Å². The number of imide groups is 1. The lowest BCUT2D eigenvalue weighted by Gasteiger charge is -2.29. The first-order valence-electron chi connectivity index (χ1n) is 9.55. The number of carbonyl (C=O) groups excluding carboxylic acids is 3. The van der Waals surface area contributed by atoms with Crippen LogP contribution < -0.4 is 5.32 Å². The molecule has 0 unspecified atom stereocenters. The zero-order chi connectivity index (χ0) is 22.9. The fraction of sp³-hybridized carbons (Fsp3) is 0.227. The summed E-state index contributed by atoms with van der Waals surface area (Å²) in [5, 5.41) is 20.9. The molecule has 0 spiro atoms. The average Bonchev–Trinajstić information content (AvgIpc) is 2.99. The number of rotatable bonds is 7. The lowest BCUT2D eigenvalue weighted by Crippen LogP contribution is -2.50. The Balaban J connectivity index is 1.98. The van der Waals surface area contributed by atoms with Crippen LogP contribution in [0.5, 0.6) is 0 Å². The molecule has 9 nitrogen and oxygen atoms in total. The van der Waals surface area contributed by atoms with E-state index in [4.69, 9.17) is 0 Å². The van der Waals surface area contributed by atoms with E-state index in [0.29, 0.717) is 6.42 Å². The molecule has 2 atom stereocenters. The van der Waals surface area contributed by atoms with Crippen LogP contribution in [0, 0.1) is 5.92 Å². The summed E-state index contributed by atoms with van der Waals surface area (Å²) >= 11 is 0. The molecular formula is C22H20N2O7. The Morgan fingerprint density at radius 1 is 0.935 bits per heavy atom. The van der Waals surface area contributed by atoms with Crippen molar-refractivity contribution in [3.05, 3.63) is 64.7 Å². The summed E-state index contributed by atoms with van der Waals surface area (Å²) in [7, 11) is 0. The lowest BCUT2D eigenvalue weighted by atomic mass is 9.96. The lowest BCUT2D eigenvalue weighted by molar-refractivity contribution is -0.121. The Morgan fingerprint density at radius 2 is 1.42 bits per heavy atom. The zero-order valence-electron chi connectivity index (χ0n) is 16.8. The van der Waals surface area contributed by atoms with Crippen LogP contribution in [0.25, 0.3) is 0 Å². The molecule has 1 aliphatic rings. The highest BCUT2D eigenvalue weighted by molar-refractivity contribution is 6.23. The van der Waals surface area contributed by atoms with Gasteiger partial charge in [0.1, 0.15) is 6.04 Å². The zero-order valence-corrected chi connectivity index (χ0v) is 16.8. The van der Waals surface area contributed by atoms with Gasteiger partial charge >= 0.3 is 11.9 Å². The minimum atomic E-state index is -1.36. The van der Waals surface area contributed by atoms with E-state index in [2.05, 4.69) is 5.32 Å². The minimum Gasteiger partial charge on any atom is -0.478 e. The van der Waals surface area contributed by atoms with Gasteiger partial charge in [-0.15, -0.1) is 0 Å². The third-order valence-corrected chi connectivity index (χ3v) is 5.25. The minimum absolute atomic E-state index is 0.0628. The summed E-state index contributed by atoms with van der Waals surface area (Å²) < 4.78 is 0. The molecule has 0 radical (unpaired) electrons. The molecule has 0 aliphatic carbocycles. The summed E-state index contributed by atoms with van der Waals surface area (Å²) in [6, 6.07) is 8.29. The number of carboxylic acid groups (broad SMARTS) is 2. The summed E-state index contributed by atoms with van der Waals surface area (Å²) in [6.45, 7) is 3.51. The topological polar surface area (TPSA) is 141 Å². The molecule has 0 aromatic heterocycles. The van der Waals surface area contributed by atoms with Crippen molar-refractivity contribution in [3.8, 4) is 0 Å². The number of nitrogens with one attached hydrogen (secondary N) is 1. The highest BCUT2D eigenvalue weighted by Crippen LogP contribution is 2.29. The van der Waals surface area contributed by atoms with Crippen molar-refractivity contribution >= 4 is 35.3 Å². The first kappa shape index (κ1) is 21.7. The Morgan fingerprint density at radius 3 is 1.84 bits per heavy atom. The van der Waals surface area contributed by atoms with E-state index in [1.165, 1.54) is 12.1 Å². The number of anilines is 1. The molecule has 9 heteroatoms. The van der Waals surface area contributed by atoms with E-state index < -0.39 is 41.6 Å². The number of fused-ring (bicyclic) bond motifs is 1. The highest BCUT2D eigenvalue weighted by atomic mass is 16.4. The largest absolute Gasteiger partial charge is 0.478 e. The number of amides is 3. The summed E-state index contributed by atoms with van der Waals surface area (Å²) in [5.74, 6) is -5.04. The monoisotopic (exact) mass is 424 g/mol. The van der Waals surface area contributed by atoms with E-state index in [1.807, 2.05) is 0 Å². The SMILES string of the molecule is CC[C@@H](C)[C@@H](C(=O)Nc1cc(C(=O)O)cc(C(=O)O)c1)N1C(=O)c2ccccc2C1=O. The predicted octanol–water partition coefficient (Wildman–Crippen LogP) is 2.73. The molecule has 2 aromatic carbocycles. The first-order valence-corrected chi connectivity index (χ1v) is 9.55. The molecule has 160 valence electrons. The second-order valence-corrected chi connectivity index (χ2v) is 7.25. The Bertz CT molecular complexity index is 1040. The molecule has 1 aliphatic heterocycles. The van der Waals surface area contributed by atoms with Gasteiger partial charge in [0.25, 0.3) is 11.8 Å². The van der Waals surface area contributed by atoms with Gasteiger partial charge < -0.3 is 15.5 Å². The van der Waals surface area contributed by atoms with Gasteiger partial charge in [-0.2, -0.15) is 0 Å². The van der Waals surface area contributed by atoms with Gasteiger partial charge in [0.2, 0.25) is 5.91 Å². The van der Waals surface area contributed by atoms with E-state index in [-0.39, 0.29) is 27.9 Å². The fourth-order valence-electron chi connectivity index (χ4n) is 3.48. The Kier molecular flexibility index (Phi) is 5.87. The number of carboxylic acids is 2. The van der Waals surface area contributed by atoms with E-state index in [1.54, 1.807) is 26.0 Å². The molecule has 0 saturated heterocycles. The van der Waals surface area contributed by atoms with E-state index >= 15 is 0 Å². The third kappa shape index (κ3) is 4.02. The van der Waals surface area contributed by atoms with Gasteiger partial charge in [-0.25, -0.2) is 9.59 Å². The van der Waals surface area contributed by atoms with Crippen LogP contribution in [-0.2, 0) is 4.79 Å². The van der Waals surface area contributed by atoms with Crippen LogP contribution in [-0.4, -0.2) is 50.8 Å². The van der Waals surface area contributed by atoms with E-state index in [9.17, 15) is 34.2 Å². The number of benzene rings is 2. The Labute approximate surface area is 177 Å². The number of hydrogen-bond donors (Lipinski definition) is 3. The van der Waals surface area contributed by atoms with Crippen LogP contribution in [0.4, 0.5) is 5.69 Å². The fourth-order valence-corrected chi connectivity index (χ4v) is 3.48. The molecule has 3 amide bonds. The van der Waals surface area contributed by atoms with Gasteiger partial charge in [-0.3, -0.25) is 19.3 Å². The molecule has 3 rings (SSSR count). The summed E-state index contributed by atoms with van der Waals surface area (Å²) in [5.41, 5.74) is -0.302. The van der Waals surface area contributed by atoms with Crippen molar-refractivity contribution in [1.82, 2.24) is 4.90 Å². The van der Waals surface area contributed by atoms with Crippen molar-refractivity contribution in [2.24, 2.45) is 5.92 Å². The summed E-state index contributed by atoms with van der Waals surface area (Å²) in [4.78, 5) is 62.5. The molecule has 31 heavy (non-hydrogen) atoms. The molecule has 1 heterocycles. The van der Waals surface area contributed by atoms with Crippen molar-refractivity contribution in [1.29, 1.82) is 0 Å². The van der Waals surface area contributed by atoms with Gasteiger partial charge in [0, 0.05) is 5.69 Å². The van der Waals surface area contributed by atoms with Gasteiger partial charge in [-0.05, 0) is 36.2 Å². The second-order valence-electron chi connectivity index (χ2n) is 7.25. The number of nitrogens with zero attached hydrogens (tertiary/aromatic N) is 1.